The van der Waals surface area contributed by atoms with Gasteiger partial charge in [0, 0.05) is 16.2 Å². The number of halogens is 1. The maximum atomic E-state index is 13.5. The van der Waals surface area contributed by atoms with E-state index in [0.29, 0.717) is 5.69 Å². The van der Waals surface area contributed by atoms with Gasteiger partial charge in [-0.1, -0.05) is 40.2 Å². The first-order valence-electron chi connectivity index (χ1n) is 10.5. The van der Waals surface area contributed by atoms with E-state index in [4.69, 9.17) is 0 Å². The number of nitrogens with zero attached hydrogens (tertiary/aromatic N) is 3. The molecule has 3 aromatic rings. The van der Waals surface area contributed by atoms with Gasteiger partial charge in [-0.3, -0.25) is 29.4 Å². The van der Waals surface area contributed by atoms with Crippen molar-refractivity contribution in [1.82, 2.24) is 4.90 Å². The summed E-state index contributed by atoms with van der Waals surface area (Å²) in [5.41, 5.74) is 2.65. The largest absolute Gasteiger partial charge is 0.300 e. The summed E-state index contributed by atoms with van der Waals surface area (Å²) in [4.78, 5) is 53.3. The molecule has 2 aliphatic heterocycles. The lowest BCUT2D eigenvalue weighted by atomic mass is 9.86. The van der Waals surface area contributed by atoms with Crippen LogP contribution < -0.4 is 4.90 Å². The first-order valence-corrected chi connectivity index (χ1v) is 11.3. The molecular weight excluding hydrogens is 502 g/mol. The van der Waals surface area contributed by atoms with E-state index < -0.39 is 40.4 Å². The summed E-state index contributed by atoms with van der Waals surface area (Å²) in [6.07, 6.45) is 0. The highest BCUT2D eigenvalue weighted by molar-refractivity contribution is 9.10. The number of carbonyl (C=O) groups excluding carboxylic acids is 3. The van der Waals surface area contributed by atoms with Crippen LogP contribution in [0, 0.1) is 24.0 Å². The zero-order valence-corrected chi connectivity index (χ0v) is 19.8. The molecule has 0 radical (unpaired) electrons. The third kappa shape index (κ3) is 3.15. The molecular formula is C25H18BrN3O5. The third-order valence-electron chi connectivity index (χ3n) is 6.43. The lowest BCUT2D eigenvalue weighted by molar-refractivity contribution is -0.385. The number of nitro benzene ring substituents is 1. The van der Waals surface area contributed by atoms with Crippen LogP contribution in [0.15, 0.2) is 65.1 Å². The van der Waals surface area contributed by atoms with Crippen LogP contribution in [-0.2, 0) is 4.79 Å². The van der Waals surface area contributed by atoms with Crippen molar-refractivity contribution >= 4 is 45.0 Å². The Balaban J connectivity index is 1.62. The molecule has 0 N–H and O–H groups in total. The molecule has 0 aliphatic carbocycles. The molecule has 1 saturated heterocycles. The second kappa shape index (κ2) is 7.88. The Kier molecular flexibility index (Phi) is 5.09. The topological polar surface area (TPSA) is 101 Å². The average molecular weight is 520 g/mol. The quantitative estimate of drug-likeness (QED) is 0.214. The predicted molar refractivity (Wildman–Crippen MR) is 128 cm³/mol. The molecule has 3 aromatic carbocycles. The highest BCUT2D eigenvalue weighted by Gasteiger charge is 2.58. The molecule has 170 valence electrons. The molecule has 2 heterocycles. The number of imide groups is 1. The number of benzene rings is 3. The van der Waals surface area contributed by atoms with E-state index in [1.165, 1.54) is 18.2 Å². The molecule has 8 nitrogen and oxygen atoms in total. The van der Waals surface area contributed by atoms with Gasteiger partial charge in [-0.15, -0.1) is 0 Å². The van der Waals surface area contributed by atoms with Crippen molar-refractivity contribution in [2.45, 2.75) is 25.9 Å². The standard InChI is InChI=1S/C25H18BrN3O5/c1-13-9-10-17(11-14(13)2)27-21(15-5-3-6-16(26)12-15)22(25(27)32)28-23(30)18-7-4-8-19(29(33)34)20(18)24(28)31/h3-12,21-22H,1-2H3/t21-,22+/m0/s1. The zero-order chi connectivity index (χ0) is 24.3. The maximum absolute atomic E-state index is 13.5. The third-order valence-corrected chi connectivity index (χ3v) is 6.92. The van der Waals surface area contributed by atoms with Gasteiger partial charge >= 0.3 is 0 Å². The first-order chi connectivity index (χ1) is 16.2. The lowest BCUT2D eigenvalue weighted by Crippen LogP contribution is -2.67. The second-order valence-electron chi connectivity index (χ2n) is 8.36. The second-order valence-corrected chi connectivity index (χ2v) is 9.27. The van der Waals surface area contributed by atoms with Crippen molar-refractivity contribution in [2.75, 3.05) is 4.90 Å². The van der Waals surface area contributed by atoms with Gasteiger partial charge in [-0.2, -0.15) is 0 Å². The normalized spacial score (nSPS) is 19.3. The molecule has 0 aromatic heterocycles. The van der Waals surface area contributed by atoms with Crippen molar-refractivity contribution in [3.63, 3.8) is 0 Å². The SMILES string of the molecule is Cc1ccc(N2C(=O)[C@H](N3C(=O)c4cccc([N+](=O)[O-])c4C3=O)[C@@H]2c2cccc(Br)c2)cc1C. The Morgan fingerprint density at radius 1 is 0.853 bits per heavy atom. The van der Waals surface area contributed by atoms with Crippen molar-refractivity contribution in [3.8, 4) is 0 Å². The van der Waals surface area contributed by atoms with Gasteiger partial charge in [0.05, 0.1) is 16.5 Å². The number of anilines is 1. The van der Waals surface area contributed by atoms with Crippen LogP contribution in [0.1, 0.15) is 43.4 Å². The number of fused-ring (bicyclic) bond motifs is 1. The molecule has 2 aliphatic rings. The van der Waals surface area contributed by atoms with Gasteiger partial charge in [0.15, 0.2) is 0 Å². The van der Waals surface area contributed by atoms with Crippen LogP contribution in [0.5, 0.6) is 0 Å². The minimum atomic E-state index is -1.12. The van der Waals surface area contributed by atoms with E-state index in [0.717, 1.165) is 26.1 Å². The molecule has 5 rings (SSSR count). The van der Waals surface area contributed by atoms with Crippen molar-refractivity contribution < 1.29 is 19.3 Å². The number of nitro groups is 1. The molecule has 0 unspecified atom stereocenters. The summed E-state index contributed by atoms with van der Waals surface area (Å²) in [7, 11) is 0. The van der Waals surface area contributed by atoms with E-state index in [9.17, 15) is 24.5 Å². The fourth-order valence-corrected chi connectivity index (χ4v) is 5.02. The summed E-state index contributed by atoms with van der Waals surface area (Å²) in [6, 6.07) is 15.1. The van der Waals surface area contributed by atoms with Crippen molar-refractivity contribution in [1.29, 1.82) is 0 Å². The zero-order valence-electron chi connectivity index (χ0n) is 18.2. The number of amides is 3. The number of hydrogen-bond donors (Lipinski definition) is 0. The Hall–Kier alpha value is -3.85. The van der Waals surface area contributed by atoms with Crippen molar-refractivity contribution in [3.05, 3.63) is 103 Å². The lowest BCUT2D eigenvalue weighted by Gasteiger charge is -2.50. The molecule has 0 bridgehead atoms. The molecule has 1 fully saturated rings. The first kappa shape index (κ1) is 22.0. The molecule has 3 amide bonds. The van der Waals surface area contributed by atoms with E-state index in [1.807, 2.05) is 56.3 Å². The summed E-state index contributed by atoms with van der Waals surface area (Å²) < 4.78 is 0.779. The minimum Gasteiger partial charge on any atom is -0.300 e. The number of β-lactam (4-membered cyclic amide) rings is 1. The summed E-state index contributed by atoms with van der Waals surface area (Å²) >= 11 is 3.45. The summed E-state index contributed by atoms with van der Waals surface area (Å²) in [6.45, 7) is 3.91. The Bertz CT molecular complexity index is 1420. The van der Waals surface area contributed by atoms with Crippen LogP contribution in [0.4, 0.5) is 11.4 Å². The van der Waals surface area contributed by atoms with Gasteiger partial charge in [0.2, 0.25) is 0 Å². The minimum absolute atomic E-state index is 0.0652. The molecule has 2 atom stereocenters. The van der Waals surface area contributed by atoms with Crippen LogP contribution >= 0.6 is 15.9 Å². The van der Waals surface area contributed by atoms with E-state index in [2.05, 4.69) is 15.9 Å². The number of rotatable bonds is 4. The van der Waals surface area contributed by atoms with Crippen LogP contribution in [0.25, 0.3) is 0 Å². The van der Waals surface area contributed by atoms with Gasteiger partial charge in [0.1, 0.15) is 11.6 Å². The monoisotopic (exact) mass is 519 g/mol. The van der Waals surface area contributed by atoms with Crippen molar-refractivity contribution in [2.24, 2.45) is 0 Å². The summed E-state index contributed by atoms with van der Waals surface area (Å²) in [5, 5.41) is 11.5. The maximum Gasteiger partial charge on any atom is 0.282 e. The van der Waals surface area contributed by atoms with Gasteiger partial charge in [-0.05, 0) is 60.9 Å². The van der Waals surface area contributed by atoms with Gasteiger partial charge < -0.3 is 4.90 Å². The fourth-order valence-electron chi connectivity index (χ4n) is 4.60. The van der Waals surface area contributed by atoms with Crippen LogP contribution in [0.2, 0.25) is 0 Å². The van der Waals surface area contributed by atoms with E-state index in [-0.39, 0.29) is 11.1 Å². The number of carbonyl (C=O) groups is 3. The predicted octanol–water partition coefficient (Wildman–Crippen LogP) is 4.73. The van der Waals surface area contributed by atoms with Crippen LogP contribution in [0.3, 0.4) is 0 Å². The Morgan fingerprint density at radius 2 is 1.59 bits per heavy atom. The Morgan fingerprint density at radius 3 is 2.26 bits per heavy atom. The molecule has 0 spiro atoms. The van der Waals surface area contributed by atoms with Gasteiger partial charge in [0.25, 0.3) is 23.4 Å². The highest BCUT2D eigenvalue weighted by atomic mass is 79.9. The Labute approximate surface area is 203 Å². The number of aryl methyl sites for hydroxylation is 2. The summed E-state index contributed by atoms with van der Waals surface area (Å²) in [5.74, 6) is -1.96. The number of hydrogen-bond acceptors (Lipinski definition) is 5. The molecule has 9 heteroatoms. The highest BCUT2D eigenvalue weighted by Crippen LogP contribution is 2.45. The smallest absolute Gasteiger partial charge is 0.282 e. The molecule has 0 saturated carbocycles. The fraction of sp³-hybridized carbons (Fsp3) is 0.160. The van der Waals surface area contributed by atoms with E-state index in [1.54, 1.807) is 4.90 Å². The molecule has 34 heavy (non-hydrogen) atoms. The van der Waals surface area contributed by atoms with Gasteiger partial charge in [-0.25, -0.2) is 0 Å². The van der Waals surface area contributed by atoms with Crippen LogP contribution in [-0.4, -0.2) is 33.6 Å². The average Bonchev–Trinajstić information content (AvgIpc) is 3.05. The van der Waals surface area contributed by atoms with E-state index >= 15 is 0 Å².